The predicted molar refractivity (Wildman–Crippen MR) is 195 cm³/mol. The minimum Gasteiger partial charge on any atom is -0.436 e. The summed E-state index contributed by atoms with van der Waals surface area (Å²) >= 11 is 3.54. The van der Waals surface area contributed by atoms with Crippen LogP contribution in [0.15, 0.2) is 138 Å². The van der Waals surface area contributed by atoms with Crippen molar-refractivity contribution in [2.75, 3.05) is 0 Å². The quantitative estimate of drug-likeness (QED) is 0.192. The molecular formula is C40H22N4OS2. The average Bonchev–Trinajstić information content (AvgIpc) is 3.83. The number of rotatable bonds is 4. The number of fused-ring (bicyclic) bond motifs is 7. The maximum atomic E-state index is 6.17. The molecule has 0 aliphatic rings. The standard InChI is InChI=1S/C40H22N4OS2/c1-3-9-23(10-4-1)37-42-38(44-39(43-37)26-15-17-28-27-13-7-8-14-33(27)46-35(28)20-26)25-16-18-34-29(19-25)30-21-31-32(22-36(30)47-34)45-40(41-31)24-11-5-2-6-12-24/h1-22H. The van der Waals surface area contributed by atoms with Gasteiger partial charge in [0, 0.05) is 68.7 Å². The first kappa shape index (κ1) is 26.5. The first-order chi connectivity index (χ1) is 23.2. The third kappa shape index (κ3) is 4.43. The van der Waals surface area contributed by atoms with E-state index in [0.29, 0.717) is 23.4 Å². The molecule has 6 aromatic carbocycles. The Balaban J connectivity index is 1.13. The van der Waals surface area contributed by atoms with Gasteiger partial charge in [-0.05, 0) is 48.5 Å². The highest BCUT2D eigenvalue weighted by Gasteiger charge is 2.17. The molecule has 0 radical (unpaired) electrons. The van der Waals surface area contributed by atoms with Gasteiger partial charge in [0.25, 0.3) is 0 Å². The van der Waals surface area contributed by atoms with E-state index >= 15 is 0 Å². The third-order valence-electron chi connectivity index (χ3n) is 8.56. The first-order valence-electron chi connectivity index (χ1n) is 15.3. The number of hydrogen-bond donors (Lipinski definition) is 0. The van der Waals surface area contributed by atoms with Crippen LogP contribution >= 0.6 is 22.7 Å². The Hall–Kier alpha value is -5.76. The van der Waals surface area contributed by atoms with Crippen molar-refractivity contribution in [1.82, 2.24) is 19.9 Å². The molecule has 0 spiro atoms. The first-order valence-corrected chi connectivity index (χ1v) is 16.9. The van der Waals surface area contributed by atoms with Crippen LogP contribution in [0, 0.1) is 0 Å². The lowest BCUT2D eigenvalue weighted by molar-refractivity contribution is 0.620. The van der Waals surface area contributed by atoms with Crippen molar-refractivity contribution in [2.24, 2.45) is 0 Å². The highest BCUT2D eigenvalue weighted by atomic mass is 32.1. The second kappa shape index (κ2) is 10.4. The zero-order chi connectivity index (χ0) is 30.9. The molecule has 4 aromatic heterocycles. The summed E-state index contributed by atoms with van der Waals surface area (Å²) in [6.07, 6.45) is 0. The summed E-state index contributed by atoms with van der Waals surface area (Å²) in [7, 11) is 0. The highest BCUT2D eigenvalue weighted by molar-refractivity contribution is 7.26. The number of benzene rings is 6. The van der Waals surface area contributed by atoms with Crippen LogP contribution in [0.3, 0.4) is 0 Å². The Labute approximate surface area is 276 Å². The fraction of sp³-hybridized carbons (Fsp3) is 0. The monoisotopic (exact) mass is 638 g/mol. The molecule has 0 fully saturated rings. The molecule has 5 nitrogen and oxygen atoms in total. The largest absolute Gasteiger partial charge is 0.436 e. The molecule has 7 heteroatoms. The molecular weight excluding hydrogens is 617 g/mol. The highest BCUT2D eigenvalue weighted by Crippen LogP contribution is 2.40. The van der Waals surface area contributed by atoms with Crippen molar-refractivity contribution < 1.29 is 4.42 Å². The van der Waals surface area contributed by atoms with Crippen LogP contribution in [-0.4, -0.2) is 19.9 Å². The van der Waals surface area contributed by atoms with Crippen LogP contribution in [0.5, 0.6) is 0 Å². The van der Waals surface area contributed by atoms with E-state index in [9.17, 15) is 0 Å². The van der Waals surface area contributed by atoms with Gasteiger partial charge in [0.2, 0.25) is 5.89 Å². The van der Waals surface area contributed by atoms with E-state index in [1.165, 1.54) is 24.9 Å². The molecule has 220 valence electrons. The molecule has 10 rings (SSSR count). The zero-order valence-corrected chi connectivity index (χ0v) is 26.3. The SMILES string of the molecule is c1ccc(-c2nc(-c3ccc4c(c3)sc3ccccc34)nc(-c3ccc4sc5cc6oc(-c7ccccc7)nc6cc5c4c3)n2)cc1. The van der Waals surface area contributed by atoms with Gasteiger partial charge >= 0.3 is 0 Å². The molecule has 0 N–H and O–H groups in total. The van der Waals surface area contributed by atoms with Crippen molar-refractivity contribution in [3.8, 4) is 45.6 Å². The molecule has 0 aliphatic heterocycles. The molecule has 0 amide bonds. The second-order valence-corrected chi connectivity index (χ2v) is 13.7. The van der Waals surface area contributed by atoms with Crippen LogP contribution in [0.25, 0.3) is 97.1 Å². The Morgan fingerprint density at radius 2 is 0.957 bits per heavy atom. The van der Waals surface area contributed by atoms with E-state index in [1.807, 2.05) is 60.7 Å². The smallest absolute Gasteiger partial charge is 0.227 e. The van der Waals surface area contributed by atoms with Crippen LogP contribution in [0.1, 0.15) is 0 Å². The third-order valence-corrected chi connectivity index (χ3v) is 10.8. The fourth-order valence-corrected chi connectivity index (χ4v) is 8.50. The number of thiophene rings is 2. The van der Waals surface area contributed by atoms with Gasteiger partial charge in [-0.3, -0.25) is 0 Å². The lowest BCUT2D eigenvalue weighted by Crippen LogP contribution is -2.00. The lowest BCUT2D eigenvalue weighted by atomic mass is 10.1. The van der Waals surface area contributed by atoms with Crippen LogP contribution in [0.4, 0.5) is 0 Å². The molecule has 10 aromatic rings. The Kier molecular flexibility index (Phi) is 5.85. The van der Waals surface area contributed by atoms with Gasteiger partial charge in [-0.2, -0.15) is 0 Å². The molecule has 0 atom stereocenters. The maximum Gasteiger partial charge on any atom is 0.227 e. The van der Waals surface area contributed by atoms with E-state index in [4.69, 9.17) is 24.4 Å². The fourth-order valence-electron chi connectivity index (χ4n) is 6.26. The summed E-state index contributed by atoms with van der Waals surface area (Å²) < 4.78 is 11.0. The lowest BCUT2D eigenvalue weighted by Gasteiger charge is -2.09. The normalized spacial score (nSPS) is 11.8. The summed E-state index contributed by atoms with van der Waals surface area (Å²) in [5, 5.41) is 4.80. The van der Waals surface area contributed by atoms with E-state index in [0.717, 1.165) is 48.8 Å². The summed E-state index contributed by atoms with van der Waals surface area (Å²) in [5.41, 5.74) is 5.44. The molecule has 47 heavy (non-hydrogen) atoms. The minimum atomic E-state index is 0.628. The van der Waals surface area contributed by atoms with Gasteiger partial charge in [-0.25, -0.2) is 19.9 Å². The molecule has 0 saturated heterocycles. The van der Waals surface area contributed by atoms with E-state index in [2.05, 4.69) is 72.8 Å². The summed E-state index contributed by atoms with van der Waals surface area (Å²) in [6, 6.07) is 45.9. The number of aromatic nitrogens is 4. The van der Waals surface area contributed by atoms with Crippen LogP contribution in [-0.2, 0) is 0 Å². The molecule has 4 heterocycles. The maximum absolute atomic E-state index is 6.17. The van der Waals surface area contributed by atoms with Crippen molar-refractivity contribution in [2.45, 2.75) is 0 Å². The van der Waals surface area contributed by atoms with Crippen LogP contribution < -0.4 is 0 Å². The molecule has 0 saturated carbocycles. The average molecular weight is 639 g/mol. The molecule has 0 unspecified atom stereocenters. The van der Waals surface area contributed by atoms with Gasteiger partial charge in [-0.1, -0.05) is 78.9 Å². The minimum absolute atomic E-state index is 0.628. The Morgan fingerprint density at radius 3 is 1.74 bits per heavy atom. The predicted octanol–water partition coefficient (Wildman–Crippen LogP) is 11.4. The summed E-state index contributed by atoms with van der Waals surface area (Å²) in [6.45, 7) is 0. The molecule has 0 bridgehead atoms. The summed E-state index contributed by atoms with van der Waals surface area (Å²) in [5.74, 6) is 2.57. The topological polar surface area (TPSA) is 64.7 Å². The number of oxazole rings is 1. The second-order valence-electron chi connectivity index (χ2n) is 11.5. The van der Waals surface area contributed by atoms with Gasteiger partial charge in [-0.15, -0.1) is 22.7 Å². The van der Waals surface area contributed by atoms with Crippen molar-refractivity contribution in [3.05, 3.63) is 133 Å². The molecule has 0 aliphatic carbocycles. The number of hydrogen-bond acceptors (Lipinski definition) is 7. The van der Waals surface area contributed by atoms with Crippen molar-refractivity contribution in [3.63, 3.8) is 0 Å². The van der Waals surface area contributed by atoms with Gasteiger partial charge in [0.1, 0.15) is 5.52 Å². The Bertz CT molecular complexity index is 2800. The van der Waals surface area contributed by atoms with Crippen LogP contribution in [0.2, 0.25) is 0 Å². The van der Waals surface area contributed by atoms with E-state index < -0.39 is 0 Å². The van der Waals surface area contributed by atoms with Gasteiger partial charge in [0.05, 0.1) is 0 Å². The van der Waals surface area contributed by atoms with Crippen molar-refractivity contribution >= 4 is 74.1 Å². The van der Waals surface area contributed by atoms with Crippen molar-refractivity contribution in [1.29, 1.82) is 0 Å². The summed E-state index contributed by atoms with van der Waals surface area (Å²) in [4.78, 5) is 19.9. The van der Waals surface area contributed by atoms with Gasteiger partial charge in [0.15, 0.2) is 23.1 Å². The van der Waals surface area contributed by atoms with Gasteiger partial charge < -0.3 is 4.42 Å². The van der Waals surface area contributed by atoms with E-state index in [-0.39, 0.29) is 0 Å². The number of nitrogens with zero attached hydrogens (tertiary/aromatic N) is 4. The Morgan fingerprint density at radius 1 is 0.383 bits per heavy atom. The van der Waals surface area contributed by atoms with E-state index in [1.54, 1.807) is 22.7 Å². The zero-order valence-electron chi connectivity index (χ0n) is 24.7.